The molecule has 0 N–H and O–H groups in total. The largest absolute Gasteiger partial charge is 0.456 e. The highest BCUT2D eigenvalue weighted by atomic mass is 16.3. The molecule has 0 amide bonds. The van der Waals surface area contributed by atoms with Crippen LogP contribution in [-0.4, -0.2) is 0 Å². The van der Waals surface area contributed by atoms with Crippen LogP contribution < -0.4 is 0 Å². The van der Waals surface area contributed by atoms with Gasteiger partial charge in [0, 0.05) is 16.2 Å². The summed E-state index contributed by atoms with van der Waals surface area (Å²) in [6, 6.07) is 48.6. The van der Waals surface area contributed by atoms with Crippen LogP contribution in [0.2, 0.25) is 0 Å². The molecule has 1 heteroatoms. The molecule has 1 aliphatic carbocycles. The number of hydrogen-bond donors (Lipinski definition) is 0. The lowest BCUT2D eigenvalue weighted by Gasteiger charge is -2.21. The zero-order valence-electron chi connectivity index (χ0n) is 23.6. The van der Waals surface area contributed by atoms with E-state index >= 15 is 0 Å². The average Bonchev–Trinajstić information content (AvgIpc) is 3.50. The van der Waals surface area contributed by atoms with Crippen LogP contribution in [0.3, 0.4) is 0 Å². The first-order valence-electron chi connectivity index (χ1n) is 14.7. The van der Waals surface area contributed by atoms with Crippen molar-refractivity contribution in [3.8, 4) is 33.4 Å². The van der Waals surface area contributed by atoms with Gasteiger partial charge in [0.05, 0.1) is 0 Å². The SMILES string of the molecule is CC1(C)c2ccccc2-c2cc3oc4ccc(-c5c6ccccc6c(-c6ccccc6)c6ccccc56)cc4c3cc21. The average molecular weight is 537 g/mol. The maximum Gasteiger partial charge on any atom is 0.136 e. The number of benzene rings is 7. The highest BCUT2D eigenvalue weighted by molar-refractivity contribution is 6.22. The fourth-order valence-electron chi connectivity index (χ4n) is 7.48. The molecular formula is C41H28O. The molecule has 8 aromatic rings. The van der Waals surface area contributed by atoms with Crippen LogP contribution in [0, 0.1) is 0 Å². The second kappa shape index (κ2) is 8.44. The van der Waals surface area contributed by atoms with E-state index in [2.05, 4.69) is 147 Å². The molecule has 1 heterocycles. The lowest BCUT2D eigenvalue weighted by Crippen LogP contribution is -2.14. The molecule has 9 rings (SSSR count). The van der Waals surface area contributed by atoms with E-state index in [1.807, 2.05) is 0 Å². The molecule has 0 aliphatic heterocycles. The highest BCUT2D eigenvalue weighted by Crippen LogP contribution is 2.51. The molecule has 1 nitrogen and oxygen atoms in total. The van der Waals surface area contributed by atoms with Crippen molar-refractivity contribution in [2.24, 2.45) is 0 Å². The third-order valence-electron chi connectivity index (χ3n) is 9.46. The van der Waals surface area contributed by atoms with Gasteiger partial charge in [-0.05, 0) is 90.3 Å². The van der Waals surface area contributed by atoms with Crippen molar-refractivity contribution in [3.63, 3.8) is 0 Å². The lowest BCUT2D eigenvalue weighted by molar-refractivity contribution is 0.658. The van der Waals surface area contributed by atoms with Crippen LogP contribution in [-0.2, 0) is 5.41 Å². The van der Waals surface area contributed by atoms with Gasteiger partial charge in [-0.15, -0.1) is 0 Å². The van der Waals surface area contributed by atoms with Gasteiger partial charge < -0.3 is 4.42 Å². The van der Waals surface area contributed by atoms with Gasteiger partial charge in [0.25, 0.3) is 0 Å². The molecule has 0 saturated carbocycles. The normalized spacial score (nSPS) is 13.7. The topological polar surface area (TPSA) is 13.1 Å². The molecule has 198 valence electrons. The summed E-state index contributed by atoms with van der Waals surface area (Å²) in [6.45, 7) is 4.67. The Morgan fingerprint density at radius 1 is 0.405 bits per heavy atom. The molecule has 0 fully saturated rings. The van der Waals surface area contributed by atoms with Crippen molar-refractivity contribution in [3.05, 3.63) is 145 Å². The van der Waals surface area contributed by atoms with Crippen molar-refractivity contribution >= 4 is 43.5 Å². The smallest absolute Gasteiger partial charge is 0.136 e. The lowest BCUT2D eigenvalue weighted by atomic mass is 9.82. The first-order valence-corrected chi connectivity index (χ1v) is 14.7. The van der Waals surface area contributed by atoms with Crippen LogP contribution in [0.25, 0.3) is 76.9 Å². The number of fused-ring (bicyclic) bond motifs is 8. The summed E-state index contributed by atoms with van der Waals surface area (Å²) >= 11 is 0. The second-order valence-electron chi connectivity index (χ2n) is 12.1. The van der Waals surface area contributed by atoms with E-state index in [4.69, 9.17) is 4.42 Å². The molecule has 0 unspecified atom stereocenters. The molecule has 7 aromatic carbocycles. The van der Waals surface area contributed by atoms with E-state index in [0.717, 1.165) is 16.6 Å². The van der Waals surface area contributed by atoms with Gasteiger partial charge in [-0.3, -0.25) is 0 Å². The minimum atomic E-state index is -0.0546. The highest BCUT2D eigenvalue weighted by Gasteiger charge is 2.36. The zero-order chi connectivity index (χ0) is 28.0. The van der Waals surface area contributed by atoms with Gasteiger partial charge in [0.15, 0.2) is 0 Å². The molecule has 0 atom stereocenters. The number of rotatable bonds is 2. The minimum absolute atomic E-state index is 0.0546. The minimum Gasteiger partial charge on any atom is -0.456 e. The number of hydrogen-bond acceptors (Lipinski definition) is 1. The fraction of sp³-hybridized carbons (Fsp3) is 0.0732. The summed E-state index contributed by atoms with van der Waals surface area (Å²) in [4.78, 5) is 0. The molecular weight excluding hydrogens is 508 g/mol. The van der Waals surface area contributed by atoms with Crippen LogP contribution in [0.5, 0.6) is 0 Å². The van der Waals surface area contributed by atoms with Crippen LogP contribution in [0.15, 0.2) is 138 Å². The Labute approximate surface area is 244 Å². The monoisotopic (exact) mass is 536 g/mol. The third kappa shape index (κ3) is 3.14. The maximum atomic E-state index is 6.50. The fourth-order valence-corrected chi connectivity index (χ4v) is 7.48. The second-order valence-corrected chi connectivity index (χ2v) is 12.1. The third-order valence-corrected chi connectivity index (χ3v) is 9.46. The Morgan fingerprint density at radius 2 is 0.976 bits per heavy atom. The van der Waals surface area contributed by atoms with E-state index in [1.54, 1.807) is 0 Å². The van der Waals surface area contributed by atoms with Gasteiger partial charge in [0.1, 0.15) is 11.2 Å². The number of furan rings is 1. The molecule has 0 radical (unpaired) electrons. The van der Waals surface area contributed by atoms with Crippen LogP contribution in [0.4, 0.5) is 0 Å². The molecule has 0 bridgehead atoms. The zero-order valence-corrected chi connectivity index (χ0v) is 23.6. The predicted octanol–water partition coefficient (Wildman–Crippen LogP) is 11.5. The van der Waals surface area contributed by atoms with Crippen molar-refractivity contribution in [1.82, 2.24) is 0 Å². The maximum absolute atomic E-state index is 6.50. The van der Waals surface area contributed by atoms with E-state index in [1.165, 1.54) is 71.4 Å². The van der Waals surface area contributed by atoms with Gasteiger partial charge in [-0.1, -0.05) is 123 Å². The Hall–Kier alpha value is -5.14. The summed E-state index contributed by atoms with van der Waals surface area (Å²) in [5.41, 5.74) is 12.2. The van der Waals surface area contributed by atoms with E-state index < -0.39 is 0 Å². The van der Waals surface area contributed by atoms with E-state index in [9.17, 15) is 0 Å². The van der Waals surface area contributed by atoms with Crippen molar-refractivity contribution in [1.29, 1.82) is 0 Å². The molecule has 0 saturated heterocycles. The summed E-state index contributed by atoms with van der Waals surface area (Å²) in [5.74, 6) is 0. The van der Waals surface area contributed by atoms with Gasteiger partial charge in [-0.25, -0.2) is 0 Å². The van der Waals surface area contributed by atoms with Gasteiger partial charge in [0.2, 0.25) is 0 Å². The van der Waals surface area contributed by atoms with Crippen LogP contribution in [0.1, 0.15) is 25.0 Å². The summed E-state index contributed by atoms with van der Waals surface area (Å²) in [5, 5.41) is 7.41. The first-order chi connectivity index (χ1) is 20.6. The molecule has 1 aromatic heterocycles. The Bertz CT molecular complexity index is 2310. The summed E-state index contributed by atoms with van der Waals surface area (Å²) < 4.78 is 6.50. The molecule has 1 aliphatic rings. The van der Waals surface area contributed by atoms with Gasteiger partial charge >= 0.3 is 0 Å². The standard InChI is InChI=1S/C41H28O/c1-41(2)35-19-11-10-14-27(35)32-24-38-34(23-36(32)41)33-22-26(20-21-37(33)42-38)40-30-17-8-6-15-28(30)39(25-12-4-3-5-13-25)29-16-7-9-18-31(29)40/h3-24H,1-2H3. The Balaban J connectivity index is 1.34. The Kier molecular flexibility index (Phi) is 4.73. The molecule has 42 heavy (non-hydrogen) atoms. The first kappa shape index (κ1) is 23.6. The van der Waals surface area contributed by atoms with E-state index in [-0.39, 0.29) is 5.41 Å². The predicted molar refractivity (Wildman–Crippen MR) is 177 cm³/mol. The molecule has 0 spiro atoms. The Morgan fingerprint density at radius 3 is 1.67 bits per heavy atom. The van der Waals surface area contributed by atoms with Crippen molar-refractivity contribution in [2.45, 2.75) is 19.3 Å². The summed E-state index contributed by atoms with van der Waals surface area (Å²) in [6.07, 6.45) is 0. The van der Waals surface area contributed by atoms with Crippen molar-refractivity contribution < 1.29 is 4.42 Å². The van der Waals surface area contributed by atoms with E-state index in [0.29, 0.717) is 0 Å². The van der Waals surface area contributed by atoms with Gasteiger partial charge in [-0.2, -0.15) is 0 Å². The van der Waals surface area contributed by atoms with Crippen LogP contribution >= 0.6 is 0 Å². The summed E-state index contributed by atoms with van der Waals surface area (Å²) in [7, 11) is 0. The van der Waals surface area contributed by atoms with Crippen molar-refractivity contribution in [2.75, 3.05) is 0 Å². The quantitative estimate of drug-likeness (QED) is 0.200.